The van der Waals surface area contributed by atoms with Crippen LogP contribution in [0.25, 0.3) is 0 Å². The number of ether oxygens (including phenoxy) is 2. The van der Waals surface area contributed by atoms with E-state index in [9.17, 15) is 0 Å². The summed E-state index contributed by atoms with van der Waals surface area (Å²) in [5, 5.41) is 8.89. The lowest BCUT2D eigenvalue weighted by Gasteiger charge is -2.13. The van der Waals surface area contributed by atoms with E-state index >= 15 is 0 Å². The Bertz CT molecular complexity index is 394. The van der Waals surface area contributed by atoms with Crippen LogP contribution in [-0.2, 0) is 0 Å². The van der Waals surface area contributed by atoms with Crippen molar-refractivity contribution < 1.29 is 9.47 Å². The minimum atomic E-state index is -0.0195. The molecule has 0 fully saturated rings. The number of pyridine rings is 1. The molecule has 16 heavy (non-hydrogen) atoms. The van der Waals surface area contributed by atoms with Gasteiger partial charge < -0.3 is 9.47 Å². The van der Waals surface area contributed by atoms with Gasteiger partial charge in [0.15, 0.2) is 0 Å². The predicted octanol–water partition coefficient (Wildman–Crippen LogP) is 2.53. The fourth-order valence-corrected chi connectivity index (χ4v) is 1.13. The molecule has 0 spiro atoms. The van der Waals surface area contributed by atoms with Crippen molar-refractivity contribution in [3.63, 3.8) is 0 Å². The van der Waals surface area contributed by atoms with Gasteiger partial charge in [-0.25, -0.2) is 0 Å². The van der Waals surface area contributed by atoms with Crippen LogP contribution in [0.5, 0.6) is 11.8 Å². The maximum Gasteiger partial charge on any atom is 0.235 e. The second kappa shape index (κ2) is 5.36. The summed E-state index contributed by atoms with van der Waals surface area (Å²) in [6.45, 7) is 7.61. The highest BCUT2D eigenvalue weighted by Gasteiger charge is 2.10. The van der Waals surface area contributed by atoms with Gasteiger partial charge in [0, 0.05) is 6.07 Å². The third-order valence-electron chi connectivity index (χ3n) is 1.66. The zero-order valence-electron chi connectivity index (χ0n) is 10.0. The molecule has 0 amide bonds. The van der Waals surface area contributed by atoms with E-state index in [1.54, 1.807) is 12.1 Å². The second-order valence-electron chi connectivity index (χ2n) is 3.95. The van der Waals surface area contributed by atoms with Gasteiger partial charge >= 0.3 is 0 Å². The summed E-state index contributed by atoms with van der Waals surface area (Å²) >= 11 is 0. The molecule has 0 atom stereocenters. The van der Waals surface area contributed by atoms with Crippen LogP contribution in [0.2, 0.25) is 0 Å². The SMILES string of the molecule is CC(C)Oc1ccc(C#N)c(OC(C)C)n1. The van der Waals surface area contributed by atoms with Gasteiger partial charge in [0.25, 0.3) is 0 Å². The van der Waals surface area contributed by atoms with Gasteiger partial charge in [-0.2, -0.15) is 10.2 Å². The van der Waals surface area contributed by atoms with E-state index in [2.05, 4.69) is 4.98 Å². The molecule has 0 N–H and O–H groups in total. The number of aromatic nitrogens is 1. The summed E-state index contributed by atoms with van der Waals surface area (Å²) in [5.74, 6) is 0.806. The maximum atomic E-state index is 8.89. The van der Waals surface area contributed by atoms with Crippen LogP contribution in [0.15, 0.2) is 12.1 Å². The van der Waals surface area contributed by atoms with Gasteiger partial charge in [-0.1, -0.05) is 0 Å². The number of rotatable bonds is 4. The molecule has 1 heterocycles. The normalized spacial score (nSPS) is 10.3. The molecule has 4 nitrogen and oxygen atoms in total. The summed E-state index contributed by atoms with van der Waals surface area (Å²) in [5.41, 5.74) is 0.421. The molecule has 1 rings (SSSR count). The molecule has 86 valence electrons. The first-order chi connectivity index (χ1) is 7.52. The van der Waals surface area contributed by atoms with Crippen LogP contribution in [0.1, 0.15) is 33.3 Å². The van der Waals surface area contributed by atoms with Gasteiger partial charge in [-0.15, -0.1) is 0 Å². The largest absolute Gasteiger partial charge is 0.475 e. The third kappa shape index (κ3) is 3.43. The second-order valence-corrected chi connectivity index (χ2v) is 3.95. The average molecular weight is 220 g/mol. The Labute approximate surface area is 95.8 Å². The first-order valence-corrected chi connectivity index (χ1v) is 5.27. The van der Waals surface area contributed by atoms with Gasteiger partial charge in [-0.05, 0) is 33.8 Å². The van der Waals surface area contributed by atoms with Crippen LogP contribution in [0.4, 0.5) is 0 Å². The lowest BCUT2D eigenvalue weighted by atomic mass is 10.3. The van der Waals surface area contributed by atoms with Gasteiger partial charge in [-0.3, -0.25) is 0 Å². The summed E-state index contributed by atoms with van der Waals surface area (Å²) < 4.78 is 10.9. The number of hydrogen-bond acceptors (Lipinski definition) is 4. The molecule has 0 aliphatic carbocycles. The van der Waals surface area contributed by atoms with Crippen molar-refractivity contribution in [1.82, 2.24) is 4.98 Å². The van der Waals surface area contributed by atoms with Gasteiger partial charge in [0.2, 0.25) is 11.8 Å². The Morgan fingerprint density at radius 2 is 1.75 bits per heavy atom. The van der Waals surface area contributed by atoms with E-state index < -0.39 is 0 Å². The smallest absolute Gasteiger partial charge is 0.235 e. The lowest BCUT2D eigenvalue weighted by Crippen LogP contribution is -2.11. The standard InChI is InChI=1S/C12H16N2O2/c1-8(2)15-11-6-5-10(7-13)12(14-11)16-9(3)4/h5-6,8-9H,1-4H3. The number of nitrogens with zero attached hydrogens (tertiary/aromatic N) is 2. The molecular formula is C12H16N2O2. The van der Waals surface area contributed by atoms with Crippen molar-refractivity contribution in [2.45, 2.75) is 39.9 Å². The fourth-order valence-electron chi connectivity index (χ4n) is 1.13. The van der Waals surface area contributed by atoms with E-state index in [1.165, 1.54) is 0 Å². The number of nitriles is 1. The molecule has 0 unspecified atom stereocenters. The van der Waals surface area contributed by atoms with Crippen molar-refractivity contribution in [1.29, 1.82) is 5.26 Å². The Morgan fingerprint density at radius 3 is 2.25 bits per heavy atom. The molecule has 0 radical (unpaired) electrons. The van der Waals surface area contributed by atoms with Crippen LogP contribution in [-0.4, -0.2) is 17.2 Å². The molecule has 4 heteroatoms. The molecule has 0 aliphatic heterocycles. The summed E-state index contributed by atoms with van der Waals surface area (Å²) in [6, 6.07) is 5.37. The van der Waals surface area contributed by atoms with Crippen molar-refractivity contribution >= 4 is 0 Å². The monoisotopic (exact) mass is 220 g/mol. The quantitative estimate of drug-likeness (QED) is 0.782. The Hall–Kier alpha value is -1.76. The molecule has 0 saturated heterocycles. The van der Waals surface area contributed by atoms with Crippen LogP contribution in [0.3, 0.4) is 0 Å². The summed E-state index contributed by atoms with van der Waals surface area (Å²) in [4.78, 5) is 4.16. The molecule has 1 aromatic rings. The highest BCUT2D eigenvalue weighted by molar-refractivity contribution is 5.40. The van der Waals surface area contributed by atoms with E-state index in [-0.39, 0.29) is 12.2 Å². The summed E-state index contributed by atoms with van der Waals surface area (Å²) in [6.07, 6.45) is 0.0289. The van der Waals surface area contributed by atoms with Crippen molar-refractivity contribution in [2.75, 3.05) is 0 Å². The zero-order valence-corrected chi connectivity index (χ0v) is 10.0. The Kier molecular flexibility index (Phi) is 4.12. The molecule has 0 aromatic carbocycles. The highest BCUT2D eigenvalue weighted by Crippen LogP contribution is 2.21. The first kappa shape index (κ1) is 12.3. The molecule has 0 aliphatic rings. The van der Waals surface area contributed by atoms with E-state index in [1.807, 2.05) is 33.8 Å². The third-order valence-corrected chi connectivity index (χ3v) is 1.66. The van der Waals surface area contributed by atoms with E-state index in [0.717, 1.165) is 0 Å². The predicted molar refractivity (Wildman–Crippen MR) is 60.5 cm³/mol. The summed E-state index contributed by atoms with van der Waals surface area (Å²) in [7, 11) is 0. The maximum absolute atomic E-state index is 8.89. The topological polar surface area (TPSA) is 55.1 Å². The molecule has 1 aromatic heterocycles. The minimum absolute atomic E-state index is 0.0195. The number of hydrogen-bond donors (Lipinski definition) is 0. The minimum Gasteiger partial charge on any atom is -0.475 e. The average Bonchev–Trinajstić information content (AvgIpc) is 2.16. The Balaban J connectivity index is 2.97. The van der Waals surface area contributed by atoms with Crippen molar-refractivity contribution in [3.05, 3.63) is 17.7 Å². The van der Waals surface area contributed by atoms with Gasteiger partial charge in [0.1, 0.15) is 11.6 Å². The zero-order chi connectivity index (χ0) is 12.1. The van der Waals surface area contributed by atoms with Crippen LogP contribution >= 0.6 is 0 Å². The fraction of sp³-hybridized carbons (Fsp3) is 0.500. The van der Waals surface area contributed by atoms with Gasteiger partial charge in [0.05, 0.1) is 12.2 Å². The molecular weight excluding hydrogens is 204 g/mol. The van der Waals surface area contributed by atoms with Crippen LogP contribution < -0.4 is 9.47 Å². The molecule has 0 saturated carbocycles. The first-order valence-electron chi connectivity index (χ1n) is 5.27. The van der Waals surface area contributed by atoms with Crippen LogP contribution in [0, 0.1) is 11.3 Å². The lowest BCUT2D eigenvalue weighted by molar-refractivity contribution is 0.210. The highest BCUT2D eigenvalue weighted by atomic mass is 16.5. The van der Waals surface area contributed by atoms with Crippen molar-refractivity contribution in [2.24, 2.45) is 0 Å². The Morgan fingerprint density at radius 1 is 1.12 bits per heavy atom. The molecule has 0 bridgehead atoms. The van der Waals surface area contributed by atoms with E-state index in [0.29, 0.717) is 17.3 Å². The van der Waals surface area contributed by atoms with E-state index in [4.69, 9.17) is 14.7 Å². The van der Waals surface area contributed by atoms with Crippen molar-refractivity contribution in [3.8, 4) is 17.8 Å².